The Hall–Kier alpha value is -3.95. The van der Waals surface area contributed by atoms with Gasteiger partial charge in [0.2, 0.25) is 13.4 Å². The van der Waals surface area contributed by atoms with Crippen LogP contribution in [0, 0.1) is 0 Å². The molecule has 0 saturated carbocycles. The number of benzene rings is 2. The Morgan fingerprint density at radius 3 is 2.42 bits per heavy atom. The van der Waals surface area contributed by atoms with Gasteiger partial charge in [-0.1, -0.05) is 5.16 Å². The summed E-state index contributed by atoms with van der Waals surface area (Å²) in [7, 11) is 3.00. The number of nitrogens with zero attached hydrogens (tertiary/aromatic N) is 1. The van der Waals surface area contributed by atoms with Gasteiger partial charge in [0.25, 0.3) is 5.91 Å². The maximum atomic E-state index is 12.0. The number of oxime groups is 1. The number of hydrogen-bond donors (Lipinski definition) is 1. The van der Waals surface area contributed by atoms with Crippen molar-refractivity contribution >= 4 is 23.3 Å². The summed E-state index contributed by atoms with van der Waals surface area (Å²) < 4.78 is 25.7. The van der Waals surface area contributed by atoms with Crippen LogP contribution >= 0.6 is 0 Å². The van der Waals surface area contributed by atoms with E-state index in [2.05, 4.69) is 10.5 Å². The molecule has 10 heteroatoms. The number of nitrogens with one attached hydrogen (secondary N) is 1. The van der Waals surface area contributed by atoms with Crippen molar-refractivity contribution < 1.29 is 38.1 Å². The van der Waals surface area contributed by atoms with Crippen LogP contribution in [0.4, 0.5) is 5.69 Å². The minimum atomic E-state index is -0.736. The molecule has 0 spiro atoms. The van der Waals surface area contributed by atoms with Gasteiger partial charge in [-0.15, -0.1) is 0 Å². The van der Waals surface area contributed by atoms with Crippen LogP contribution in [0.15, 0.2) is 41.6 Å². The SMILES string of the molecule is COc1cc(NC(=O)COC(=O)CON=C(C)c2ccc3c(c2)OCO3)cc(OC)c1. The molecule has 0 bridgehead atoms. The van der Waals surface area contributed by atoms with Gasteiger partial charge in [0.1, 0.15) is 11.5 Å². The molecule has 3 rings (SSSR count). The quantitative estimate of drug-likeness (QED) is 0.366. The first-order chi connectivity index (χ1) is 15.0. The molecule has 10 nitrogen and oxygen atoms in total. The van der Waals surface area contributed by atoms with E-state index in [4.69, 9.17) is 28.5 Å². The molecule has 0 aromatic heterocycles. The summed E-state index contributed by atoms with van der Waals surface area (Å²) >= 11 is 0. The summed E-state index contributed by atoms with van der Waals surface area (Å²) in [6, 6.07) is 10.2. The van der Waals surface area contributed by atoms with E-state index in [9.17, 15) is 9.59 Å². The van der Waals surface area contributed by atoms with Crippen LogP contribution in [-0.2, 0) is 19.2 Å². The average Bonchev–Trinajstić information content (AvgIpc) is 3.25. The number of methoxy groups -OCH3 is 2. The molecule has 0 fully saturated rings. The van der Waals surface area contributed by atoms with Crippen molar-refractivity contribution in [3.63, 3.8) is 0 Å². The fraction of sp³-hybridized carbons (Fsp3) is 0.286. The van der Waals surface area contributed by atoms with Crippen molar-refractivity contribution in [2.24, 2.45) is 5.16 Å². The average molecular weight is 430 g/mol. The first-order valence-corrected chi connectivity index (χ1v) is 9.23. The van der Waals surface area contributed by atoms with Crippen LogP contribution in [0.1, 0.15) is 12.5 Å². The predicted octanol–water partition coefficient (Wildman–Crippen LogP) is 2.36. The lowest BCUT2D eigenvalue weighted by Gasteiger charge is -2.10. The van der Waals surface area contributed by atoms with Gasteiger partial charge in [0.15, 0.2) is 18.1 Å². The normalized spacial score (nSPS) is 12.2. The number of ether oxygens (including phenoxy) is 5. The summed E-state index contributed by atoms with van der Waals surface area (Å²) in [5, 5.41) is 6.48. The molecule has 1 heterocycles. The molecule has 2 aromatic rings. The molecule has 0 unspecified atom stereocenters. The van der Waals surface area contributed by atoms with E-state index in [0.29, 0.717) is 34.4 Å². The van der Waals surface area contributed by atoms with Gasteiger partial charge >= 0.3 is 5.97 Å². The van der Waals surface area contributed by atoms with E-state index in [0.717, 1.165) is 5.56 Å². The largest absolute Gasteiger partial charge is 0.497 e. The Morgan fingerprint density at radius 1 is 1.00 bits per heavy atom. The number of amides is 1. The maximum Gasteiger partial charge on any atom is 0.347 e. The van der Waals surface area contributed by atoms with Crippen LogP contribution in [0.5, 0.6) is 23.0 Å². The lowest BCUT2D eigenvalue weighted by atomic mass is 10.1. The Bertz CT molecular complexity index is 967. The van der Waals surface area contributed by atoms with Crippen LogP contribution in [0.25, 0.3) is 0 Å². The predicted molar refractivity (Wildman–Crippen MR) is 110 cm³/mol. The zero-order valence-corrected chi connectivity index (χ0v) is 17.3. The van der Waals surface area contributed by atoms with E-state index in [1.54, 1.807) is 43.3 Å². The zero-order chi connectivity index (χ0) is 22.2. The molecule has 31 heavy (non-hydrogen) atoms. The van der Waals surface area contributed by atoms with Crippen LogP contribution in [0.2, 0.25) is 0 Å². The highest BCUT2D eigenvalue weighted by Gasteiger charge is 2.14. The van der Waals surface area contributed by atoms with Gasteiger partial charge in [0, 0.05) is 29.4 Å². The van der Waals surface area contributed by atoms with Crippen LogP contribution in [0.3, 0.4) is 0 Å². The minimum Gasteiger partial charge on any atom is -0.497 e. The summed E-state index contributed by atoms with van der Waals surface area (Å²) in [4.78, 5) is 28.8. The minimum absolute atomic E-state index is 0.177. The van der Waals surface area contributed by atoms with Crippen molar-refractivity contribution in [2.45, 2.75) is 6.92 Å². The van der Waals surface area contributed by atoms with Crippen LogP contribution in [-0.4, -0.2) is 51.8 Å². The Balaban J connectivity index is 1.43. The Morgan fingerprint density at radius 2 is 1.71 bits per heavy atom. The molecule has 164 valence electrons. The van der Waals surface area contributed by atoms with E-state index >= 15 is 0 Å². The second-order valence-electron chi connectivity index (χ2n) is 6.33. The molecule has 2 aromatic carbocycles. The molecule has 0 atom stereocenters. The summed E-state index contributed by atoms with van der Waals surface area (Å²) in [6.07, 6.45) is 0. The third kappa shape index (κ3) is 6.01. The van der Waals surface area contributed by atoms with E-state index in [1.165, 1.54) is 14.2 Å². The second kappa shape index (κ2) is 10.2. The maximum absolute atomic E-state index is 12.0. The van der Waals surface area contributed by atoms with Crippen molar-refractivity contribution in [3.8, 4) is 23.0 Å². The summed E-state index contributed by atoms with van der Waals surface area (Å²) in [5.41, 5.74) is 1.74. The standard InChI is InChI=1S/C21H22N2O8/c1-13(14-4-5-18-19(6-14)30-12-29-18)23-31-11-21(25)28-10-20(24)22-15-7-16(26-2)9-17(8-15)27-3/h4-9H,10-12H2,1-3H3,(H,22,24). The molecule has 0 saturated heterocycles. The molecule has 1 aliphatic rings. The molecule has 0 radical (unpaired) electrons. The Labute approximate surface area is 178 Å². The first kappa shape index (κ1) is 21.8. The monoisotopic (exact) mass is 430 g/mol. The number of carbonyl (C=O) groups excluding carboxylic acids is 2. The fourth-order valence-corrected chi connectivity index (χ4v) is 2.62. The van der Waals surface area contributed by atoms with E-state index in [-0.39, 0.29) is 6.79 Å². The third-order valence-electron chi connectivity index (χ3n) is 4.17. The van der Waals surface area contributed by atoms with E-state index < -0.39 is 25.1 Å². The second-order valence-corrected chi connectivity index (χ2v) is 6.33. The number of carbonyl (C=O) groups is 2. The van der Waals surface area contributed by atoms with Crippen LogP contribution < -0.4 is 24.3 Å². The zero-order valence-electron chi connectivity index (χ0n) is 17.3. The highest BCUT2D eigenvalue weighted by atomic mass is 16.7. The van der Waals surface area contributed by atoms with E-state index in [1.807, 2.05) is 0 Å². The molecular formula is C21H22N2O8. The highest BCUT2D eigenvalue weighted by molar-refractivity contribution is 5.99. The molecular weight excluding hydrogens is 408 g/mol. The van der Waals surface area contributed by atoms with Gasteiger partial charge in [-0.2, -0.15) is 0 Å². The van der Waals surface area contributed by atoms with Gasteiger partial charge in [-0.05, 0) is 25.1 Å². The number of hydrogen-bond acceptors (Lipinski definition) is 9. The summed E-state index contributed by atoms with van der Waals surface area (Å²) in [5.74, 6) is 1.04. The molecule has 1 amide bonds. The summed E-state index contributed by atoms with van der Waals surface area (Å²) in [6.45, 7) is 0.976. The lowest BCUT2D eigenvalue weighted by molar-refractivity contribution is -0.151. The molecule has 0 aliphatic carbocycles. The molecule has 1 aliphatic heterocycles. The number of esters is 1. The fourth-order valence-electron chi connectivity index (χ4n) is 2.62. The Kier molecular flexibility index (Phi) is 7.15. The van der Waals surface area contributed by atoms with Crippen molar-refractivity contribution in [3.05, 3.63) is 42.0 Å². The number of fused-ring (bicyclic) bond motifs is 1. The van der Waals surface area contributed by atoms with Gasteiger partial charge in [-0.3, -0.25) is 4.79 Å². The number of rotatable bonds is 9. The van der Waals surface area contributed by atoms with Gasteiger partial charge in [0.05, 0.1) is 19.9 Å². The van der Waals surface area contributed by atoms with Gasteiger partial charge < -0.3 is 33.8 Å². The first-order valence-electron chi connectivity index (χ1n) is 9.23. The van der Waals surface area contributed by atoms with Crippen molar-refractivity contribution in [1.29, 1.82) is 0 Å². The number of anilines is 1. The van der Waals surface area contributed by atoms with Gasteiger partial charge in [-0.25, -0.2) is 4.79 Å². The smallest absolute Gasteiger partial charge is 0.347 e. The highest BCUT2D eigenvalue weighted by Crippen LogP contribution is 2.32. The van der Waals surface area contributed by atoms with Crippen molar-refractivity contribution in [2.75, 3.05) is 39.5 Å². The topological polar surface area (TPSA) is 114 Å². The van der Waals surface area contributed by atoms with Crippen molar-refractivity contribution in [1.82, 2.24) is 0 Å². The molecule has 1 N–H and O–H groups in total. The third-order valence-corrected chi connectivity index (χ3v) is 4.17. The lowest BCUT2D eigenvalue weighted by Crippen LogP contribution is -2.22.